The van der Waals surface area contributed by atoms with Crippen molar-refractivity contribution in [3.8, 4) is 40.0 Å². The lowest BCUT2D eigenvalue weighted by Crippen LogP contribution is -2.51. The lowest BCUT2D eigenvalue weighted by atomic mass is 10.0. The fraction of sp³-hybridized carbons (Fsp3) is 0.275. The average molecular weight is 1160 g/mol. The SMILES string of the molecule is Cn1c(C(F)(C(F)(F)F)C(F)(F)F)cc(Br)c1-n1cc(-c2ccc(Cl)c(C(=O)NC3(C#N)CC3)c2)cn1.Cn1c(C(F)(C(F)(F)F)C(F)(F)F)cc(Br)c1-n1cc(-c2ccc(Cl)c(C(=O)O)c2)cn1. The molecule has 0 radical (unpaired) electrons. The topological polar surface area (TPSA) is 136 Å². The number of rotatable bonds is 9. The maximum Gasteiger partial charge on any atom is 0.437 e. The second-order valence-corrected chi connectivity index (χ2v) is 17.5. The largest absolute Gasteiger partial charge is 0.478 e. The number of aromatic nitrogens is 6. The van der Waals surface area contributed by atoms with Gasteiger partial charge in [-0.25, -0.2) is 22.9 Å². The number of hydrogen-bond acceptors (Lipinski definition) is 5. The van der Waals surface area contributed by atoms with E-state index in [4.69, 9.17) is 28.3 Å². The normalized spacial score (nSPS) is 14.2. The van der Waals surface area contributed by atoms with E-state index in [-0.39, 0.29) is 47.3 Å². The van der Waals surface area contributed by atoms with E-state index in [1.165, 1.54) is 61.2 Å². The molecule has 7 rings (SSSR count). The van der Waals surface area contributed by atoms with Crippen molar-refractivity contribution in [3.63, 3.8) is 0 Å². The Morgan fingerprint density at radius 1 is 0.652 bits per heavy atom. The predicted octanol–water partition coefficient (Wildman–Crippen LogP) is 12.7. The van der Waals surface area contributed by atoms with Gasteiger partial charge in [0.2, 0.25) is 0 Å². The number of carbonyl (C=O) groups excluding carboxylic acids is 1. The van der Waals surface area contributed by atoms with E-state index in [9.17, 15) is 76.3 Å². The summed E-state index contributed by atoms with van der Waals surface area (Å²) in [7, 11) is 1.67. The quantitative estimate of drug-likeness (QED) is 0.138. The number of benzene rings is 2. The summed E-state index contributed by atoms with van der Waals surface area (Å²) in [4.78, 5) is 23.9. The van der Waals surface area contributed by atoms with Crippen molar-refractivity contribution in [1.29, 1.82) is 5.26 Å². The van der Waals surface area contributed by atoms with Crippen LogP contribution >= 0.6 is 55.1 Å². The van der Waals surface area contributed by atoms with Gasteiger partial charge in [-0.15, -0.1) is 0 Å². The summed E-state index contributed by atoms with van der Waals surface area (Å²) < 4.78 is 190. The number of hydrogen-bond donors (Lipinski definition) is 2. The first-order chi connectivity index (χ1) is 31.6. The predicted molar refractivity (Wildman–Crippen MR) is 223 cm³/mol. The molecule has 2 N–H and O–H groups in total. The smallest absolute Gasteiger partial charge is 0.437 e. The molecule has 0 spiro atoms. The molecule has 6 aromatic rings. The van der Waals surface area contributed by atoms with E-state index in [0.29, 0.717) is 50.8 Å². The van der Waals surface area contributed by atoms with E-state index < -0.39 is 64.8 Å². The fourth-order valence-electron chi connectivity index (χ4n) is 6.80. The third-order valence-corrected chi connectivity index (χ3v) is 12.4. The van der Waals surface area contributed by atoms with Gasteiger partial charge >= 0.3 is 42.0 Å². The summed E-state index contributed by atoms with van der Waals surface area (Å²) in [6.45, 7) is 0. The highest BCUT2D eigenvalue weighted by molar-refractivity contribution is 9.11. The number of amides is 1. The lowest BCUT2D eigenvalue weighted by molar-refractivity contribution is -0.351. The molecule has 0 aliphatic heterocycles. The van der Waals surface area contributed by atoms with Gasteiger partial charge in [-0.1, -0.05) is 35.3 Å². The summed E-state index contributed by atoms with van der Waals surface area (Å²) in [5.41, 5.74) is -14.5. The summed E-state index contributed by atoms with van der Waals surface area (Å²) in [6.07, 6.45) is -19.2. The Balaban J connectivity index is 0.000000229. The maximum atomic E-state index is 14.7. The van der Waals surface area contributed by atoms with E-state index in [0.717, 1.165) is 23.5 Å². The van der Waals surface area contributed by atoms with Gasteiger partial charge in [0.1, 0.15) is 17.2 Å². The monoisotopic (exact) mass is 1160 g/mol. The molecule has 4 aromatic heterocycles. The second-order valence-electron chi connectivity index (χ2n) is 15.0. The molecule has 0 atom stereocenters. The summed E-state index contributed by atoms with van der Waals surface area (Å²) in [5.74, 6) is -2.54. The highest BCUT2D eigenvalue weighted by Gasteiger charge is 2.76. The number of nitrogens with zero attached hydrogens (tertiary/aromatic N) is 7. The van der Waals surface area contributed by atoms with Gasteiger partial charge < -0.3 is 19.6 Å². The summed E-state index contributed by atoms with van der Waals surface area (Å²) in [6, 6.07) is 11.1. The Morgan fingerprint density at radius 3 is 1.35 bits per heavy atom. The minimum atomic E-state index is -6.28. The zero-order chi connectivity index (χ0) is 51.8. The van der Waals surface area contributed by atoms with Gasteiger partial charge in [0.05, 0.1) is 60.0 Å². The molecule has 0 bridgehead atoms. The third kappa shape index (κ3) is 9.43. The number of carboxylic acid groups (broad SMARTS) is 1. The minimum Gasteiger partial charge on any atom is -0.478 e. The average Bonchev–Trinajstić information content (AvgIpc) is 3.55. The lowest BCUT2D eigenvalue weighted by Gasteiger charge is -2.30. The van der Waals surface area contributed by atoms with Crippen molar-refractivity contribution in [2.45, 2.75) is 54.4 Å². The van der Waals surface area contributed by atoms with Gasteiger partial charge in [-0.05, 0) is 92.2 Å². The number of carbonyl (C=O) groups is 2. The van der Waals surface area contributed by atoms with Crippen LogP contribution in [0, 0.1) is 11.3 Å². The van der Waals surface area contributed by atoms with Crippen LogP contribution in [0.1, 0.15) is 44.9 Å². The Bertz CT molecular complexity index is 3010. The van der Waals surface area contributed by atoms with Gasteiger partial charge in [0.25, 0.3) is 5.91 Å². The van der Waals surface area contributed by atoms with E-state index >= 15 is 0 Å². The van der Waals surface area contributed by atoms with Crippen LogP contribution in [0.5, 0.6) is 0 Å². The molecule has 1 fully saturated rings. The van der Waals surface area contributed by atoms with Crippen LogP contribution in [-0.4, -0.2) is 75.9 Å². The molecule has 1 saturated carbocycles. The van der Waals surface area contributed by atoms with Gasteiger partial charge in [-0.3, -0.25) is 4.79 Å². The van der Waals surface area contributed by atoms with Gasteiger partial charge in [0, 0.05) is 37.6 Å². The first kappa shape index (κ1) is 52.8. The minimum absolute atomic E-state index is 0.0398. The standard InChI is InChI=1S/C22H14BrClF7N5O.C18H10BrClF7N3O2/c1-35-16(20(25,21(26,27)28)22(29,30)31)7-14(23)18(35)36-9-12(8-33-36)11-2-3-15(24)13(6-11)17(37)34-19(10-32)4-5-19;1-29-13(16(21,17(22,23)24)18(25,26)27)5-11(19)14(29)30-7-9(6-28-30)8-2-3-12(20)10(4-8)15(31)32/h2-3,6-9H,4-5H2,1H3,(H,34,37);2-7H,1H3,(H,31,32). The van der Waals surface area contributed by atoms with Gasteiger partial charge in [-0.2, -0.15) is 68.1 Å². The molecule has 2 aromatic carbocycles. The highest BCUT2D eigenvalue weighted by Crippen LogP contribution is 2.56. The Morgan fingerprint density at radius 2 is 1.01 bits per heavy atom. The Labute approximate surface area is 404 Å². The zero-order valence-electron chi connectivity index (χ0n) is 34.0. The molecule has 1 aliphatic carbocycles. The number of nitrogens with one attached hydrogen (secondary N) is 1. The van der Waals surface area contributed by atoms with Crippen LogP contribution < -0.4 is 5.32 Å². The molecular weight excluding hydrogens is 1140 g/mol. The molecule has 0 saturated heterocycles. The molecule has 0 unspecified atom stereocenters. The second kappa shape index (κ2) is 18.0. The van der Waals surface area contributed by atoms with Crippen molar-refractivity contribution < 1.29 is 76.2 Å². The van der Waals surface area contributed by atoms with Crippen molar-refractivity contribution in [2.75, 3.05) is 0 Å². The number of alkyl halides is 14. The molecule has 29 heteroatoms. The first-order valence-electron chi connectivity index (χ1n) is 18.7. The van der Waals surface area contributed by atoms with Crippen LogP contribution in [0.25, 0.3) is 33.9 Å². The van der Waals surface area contributed by atoms with Crippen molar-refractivity contribution >= 4 is 66.9 Å². The third-order valence-electron chi connectivity index (χ3n) is 10.6. The maximum absolute atomic E-state index is 14.7. The molecular formula is C40H24Br2Cl2F14N8O3. The van der Waals surface area contributed by atoms with E-state index in [2.05, 4.69) is 47.4 Å². The number of aromatic carboxylic acids is 1. The highest BCUT2D eigenvalue weighted by atomic mass is 79.9. The Hall–Kier alpha value is -5.59. The number of nitriles is 1. The van der Waals surface area contributed by atoms with Crippen molar-refractivity contribution in [2.24, 2.45) is 14.1 Å². The molecule has 11 nitrogen and oxygen atoms in total. The van der Waals surface area contributed by atoms with Gasteiger partial charge in [0.15, 0.2) is 0 Å². The fourth-order valence-corrected chi connectivity index (χ4v) is 8.53. The zero-order valence-corrected chi connectivity index (χ0v) is 38.7. The van der Waals surface area contributed by atoms with E-state index in [1.54, 1.807) is 0 Å². The van der Waals surface area contributed by atoms with Crippen LogP contribution in [-0.2, 0) is 25.4 Å². The molecule has 1 amide bonds. The number of halogens is 18. The molecule has 1 aliphatic rings. The summed E-state index contributed by atoms with van der Waals surface area (Å²) in [5, 5.41) is 28.9. The Kier molecular flexibility index (Phi) is 13.8. The molecule has 4 heterocycles. The summed E-state index contributed by atoms with van der Waals surface area (Å²) >= 11 is 17.7. The molecule has 368 valence electrons. The van der Waals surface area contributed by atoms with E-state index in [1.807, 2.05) is 6.07 Å². The number of carboxylic acids is 1. The van der Waals surface area contributed by atoms with Crippen LogP contribution in [0.4, 0.5) is 61.5 Å². The first-order valence-corrected chi connectivity index (χ1v) is 21.0. The van der Waals surface area contributed by atoms with Crippen LogP contribution in [0.2, 0.25) is 10.0 Å². The van der Waals surface area contributed by atoms with Crippen LogP contribution in [0.15, 0.2) is 82.3 Å². The van der Waals surface area contributed by atoms with Crippen molar-refractivity contribution in [3.05, 3.63) is 115 Å². The van der Waals surface area contributed by atoms with Crippen molar-refractivity contribution in [1.82, 2.24) is 34.0 Å². The molecule has 69 heavy (non-hydrogen) atoms. The van der Waals surface area contributed by atoms with Crippen LogP contribution in [0.3, 0.4) is 0 Å².